The number of halogens is 1. The summed E-state index contributed by atoms with van der Waals surface area (Å²) in [5.74, 6) is 0. The van der Waals surface area contributed by atoms with Gasteiger partial charge in [-0.05, 0) is 58.1 Å². The van der Waals surface area contributed by atoms with Gasteiger partial charge in [0.15, 0.2) is 0 Å². The first-order valence-electron chi connectivity index (χ1n) is 7.12. The second-order valence-corrected chi connectivity index (χ2v) is 7.37. The molecule has 1 N–H and O–H groups in total. The van der Waals surface area contributed by atoms with E-state index in [2.05, 4.69) is 45.9 Å². The van der Waals surface area contributed by atoms with Gasteiger partial charge >= 0.3 is 0 Å². The molecule has 1 aliphatic rings. The molecule has 1 heterocycles. The van der Waals surface area contributed by atoms with Crippen LogP contribution in [0.15, 0.2) is 15.2 Å². The Labute approximate surface area is 123 Å². The van der Waals surface area contributed by atoms with E-state index in [-0.39, 0.29) is 0 Å². The van der Waals surface area contributed by atoms with Crippen molar-refractivity contribution in [2.75, 3.05) is 6.54 Å². The van der Waals surface area contributed by atoms with Gasteiger partial charge in [-0.25, -0.2) is 0 Å². The molecule has 0 aliphatic heterocycles. The van der Waals surface area contributed by atoms with E-state index in [1.165, 1.54) is 48.6 Å². The lowest BCUT2D eigenvalue weighted by molar-refractivity contribution is 0.144. The largest absolute Gasteiger partial charge is 0.309 e. The van der Waals surface area contributed by atoms with E-state index in [1.807, 2.05) is 0 Å². The molecule has 0 radical (unpaired) electrons. The minimum absolute atomic E-state index is 0.428. The molecule has 0 spiro atoms. The lowest BCUT2D eigenvalue weighted by atomic mass is 9.69. The number of thiophene rings is 1. The zero-order chi connectivity index (χ0) is 13.0. The van der Waals surface area contributed by atoms with Crippen LogP contribution in [0.1, 0.15) is 64.0 Å². The molecular weight excluding hydrogens is 306 g/mol. The summed E-state index contributed by atoms with van der Waals surface area (Å²) in [4.78, 5) is 0. The smallest absolute Gasteiger partial charge is 0.0394 e. The van der Waals surface area contributed by atoms with Gasteiger partial charge in [-0.2, -0.15) is 11.3 Å². The Morgan fingerprint density at radius 2 is 2.06 bits per heavy atom. The number of hydrogen-bond acceptors (Lipinski definition) is 2. The van der Waals surface area contributed by atoms with Crippen molar-refractivity contribution in [2.45, 2.75) is 58.4 Å². The fraction of sp³-hybridized carbons (Fsp3) is 0.733. The lowest BCUT2D eigenvalue weighted by Gasteiger charge is -2.41. The Morgan fingerprint density at radius 1 is 1.33 bits per heavy atom. The molecule has 2 rings (SSSR count). The predicted octanol–water partition coefficient (Wildman–Crippen LogP) is 5.52. The van der Waals surface area contributed by atoms with Crippen molar-refractivity contribution < 1.29 is 0 Å². The van der Waals surface area contributed by atoms with Gasteiger partial charge in [-0.1, -0.05) is 33.1 Å². The normalized spacial score (nSPS) is 20.8. The molecule has 0 amide bonds. The molecule has 18 heavy (non-hydrogen) atoms. The van der Waals surface area contributed by atoms with Gasteiger partial charge in [-0.3, -0.25) is 0 Å². The van der Waals surface area contributed by atoms with Crippen LogP contribution in [-0.2, 0) is 0 Å². The summed E-state index contributed by atoms with van der Waals surface area (Å²) in [5, 5.41) is 8.33. The van der Waals surface area contributed by atoms with Crippen molar-refractivity contribution in [3.63, 3.8) is 0 Å². The van der Waals surface area contributed by atoms with Gasteiger partial charge < -0.3 is 5.32 Å². The van der Waals surface area contributed by atoms with Crippen LogP contribution in [0.5, 0.6) is 0 Å². The van der Waals surface area contributed by atoms with E-state index in [4.69, 9.17) is 0 Å². The van der Waals surface area contributed by atoms with Gasteiger partial charge in [0.25, 0.3) is 0 Å². The molecule has 1 aromatic heterocycles. The highest BCUT2D eigenvalue weighted by Crippen LogP contribution is 2.47. The standard InChI is InChI=1S/C15H24BrNS/c1-3-9-17-14(12-10-18-11-13(12)16)15(2)7-5-4-6-8-15/h10-11,14,17H,3-9H2,1-2H3. The SMILES string of the molecule is CCCNC(c1cscc1Br)C1(C)CCCCC1. The molecule has 1 fully saturated rings. The number of nitrogens with one attached hydrogen (secondary N) is 1. The molecule has 0 saturated heterocycles. The third-order valence-electron chi connectivity index (χ3n) is 4.24. The average Bonchev–Trinajstić information content (AvgIpc) is 2.77. The highest BCUT2D eigenvalue weighted by atomic mass is 79.9. The maximum absolute atomic E-state index is 3.80. The topological polar surface area (TPSA) is 12.0 Å². The fourth-order valence-electron chi connectivity index (χ4n) is 3.17. The highest BCUT2D eigenvalue weighted by molar-refractivity contribution is 9.10. The minimum Gasteiger partial charge on any atom is -0.309 e. The van der Waals surface area contributed by atoms with Crippen LogP contribution in [0.3, 0.4) is 0 Å². The first-order chi connectivity index (χ1) is 8.67. The Morgan fingerprint density at radius 3 is 2.61 bits per heavy atom. The van der Waals surface area contributed by atoms with Crippen LogP contribution in [0.2, 0.25) is 0 Å². The van der Waals surface area contributed by atoms with Crippen molar-refractivity contribution >= 4 is 27.3 Å². The van der Waals surface area contributed by atoms with Gasteiger partial charge in [0.1, 0.15) is 0 Å². The van der Waals surface area contributed by atoms with Crippen molar-refractivity contribution in [2.24, 2.45) is 5.41 Å². The summed E-state index contributed by atoms with van der Waals surface area (Å²) < 4.78 is 1.29. The van der Waals surface area contributed by atoms with Crippen LogP contribution < -0.4 is 5.32 Å². The Bertz CT molecular complexity index is 368. The van der Waals surface area contributed by atoms with Crippen molar-refractivity contribution in [3.05, 3.63) is 20.8 Å². The summed E-state index contributed by atoms with van der Waals surface area (Å²) in [6.07, 6.45) is 8.12. The number of rotatable bonds is 5. The van der Waals surface area contributed by atoms with Crippen LogP contribution in [0.25, 0.3) is 0 Å². The average molecular weight is 330 g/mol. The highest BCUT2D eigenvalue weighted by Gasteiger charge is 2.37. The summed E-state index contributed by atoms with van der Waals surface area (Å²) in [6, 6.07) is 0.512. The maximum atomic E-state index is 3.80. The minimum atomic E-state index is 0.428. The van der Waals surface area contributed by atoms with E-state index in [0.29, 0.717) is 11.5 Å². The maximum Gasteiger partial charge on any atom is 0.0394 e. The fourth-order valence-corrected chi connectivity index (χ4v) is 4.72. The number of hydrogen-bond donors (Lipinski definition) is 1. The zero-order valence-corrected chi connectivity index (χ0v) is 13.9. The van der Waals surface area contributed by atoms with Crippen molar-refractivity contribution in [1.29, 1.82) is 0 Å². The Kier molecular flexibility index (Phi) is 5.28. The van der Waals surface area contributed by atoms with Gasteiger partial charge in [0.2, 0.25) is 0 Å². The molecule has 1 nitrogen and oxygen atoms in total. The molecule has 0 aromatic carbocycles. The van der Waals surface area contributed by atoms with Gasteiger partial charge in [-0.15, -0.1) is 0 Å². The zero-order valence-electron chi connectivity index (χ0n) is 11.5. The molecule has 102 valence electrons. The molecule has 3 heteroatoms. The molecule has 1 unspecified atom stereocenters. The Hall–Kier alpha value is 0.140. The third kappa shape index (κ3) is 3.17. The molecule has 1 aromatic rings. The van der Waals surface area contributed by atoms with Crippen LogP contribution >= 0.6 is 27.3 Å². The second kappa shape index (κ2) is 6.53. The van der Waals surface area contributed by atoms with E-state index in [9.17, 15) is 0 Å². The van der Waals surface area contributed by atoms with Crippen molar-refractivity contribution in [3.8, 4) is 0 Å². The summed E-state index contributed by atoms with van der Waals surface area (Å²) in [6.45, 7) is 5.84. The molecule has 0 bridgehead atoms. The van der Waals surface area contributed by atoms with Gasteiger partial charge in [0.05, 0.1) is 0 Å². The summed E-state index contributed by atoms with van der Waals surface area (Å²) in [5.41, 5.74) is 1.90. The monoisotopic (exact) mass is 329 g/mol. The molecule has 1 aliphatic carbocycles. The van der Waals surface area contributed by atoms with E-state index in [1.54, 1.807) is 11.3 Å². The van der Waals surface area contributed by atoms with Crippen LogP contribution in [-0.4, -0.2) is 6.54 Å². The van der Waals surface area contributed by atoms with Crippen LogP contribution in [0.4, 0.5) is 0 Å². The predicted molar refractivity (Wildman–Crippen MR) is 84.2 cm³/mol. The van der Waals surface area contributed by atoms with E-state index >= 15 is 0 Å². The Balaban J connectivity index is 2.21. The van der Waals surface area contributed by atoms with E-state index in [0.717, 1.165) is 6.54 Å². The summed E-state index contributed by atoms with van der Waals surface area (Å²) in [7, 11) is 0. The molecule has 1 saturated carbocycles. The second-order valence-electron chi connectivity index (χ2n) is 5.78. The van der Waals surface area contributed by atoms with E-state index < -0.39 is 0 Å². The van der Waals surface area contributed by atoms with Crippen LogP contribution in [0, 0.1) is 5.41 Å². The first-order valence-corrected chi connectivity index (χ1v) is 8.86. The molecule has 1 atom stereocenters. The first kappa shape index (κ1) is 14.5. The van der Waals surface area contributed by atoms with Crippen molar-refractivity contribution in [1.82, 2.24) is 5.32 Å². The lowest BCUT2D eigenvalue weighted by Crippen LogP contribution is -2.38. The summed E-state index contributed by atoms with van der Waals surface area (Å²) >= 11 is 5.52. The third-order valence-corrected chi connectivity index (χ3v) is 6.00. The molecular formula is C15H24BrNS. The quantitative estimate of drug-likeness (QED) is 0.749. The van der Waals surface area contributed by atoms with Gasteiger partial charge in [0, 0.05) is 15.9 Å².